The molecular weight excluding hydrogens is 499 g/mol. The number of ether oxygens (including phenoxy) is 1. The van der Waals surface area contributed by atoms with E-state index in [0.717, 1.165) is 38.5 Å². The summed E-state index contributed by atoms with van der Waals surface area (Å²) in [4.78, 5) is 43.1. The molecule has 0 aliphatic rings. The molecule has 1 N–H and O–H groups in total. The zero-order chi connectivity index (χ0) is 27.0. The van der Waals surface area contributed by atoms with Crippen molar-refractivity contribution in [3.63, 3.8) is 0 Å². The highest BCUT2D eigenvalue weighted by atomic mass is 32.2. The van der Waals surface area contributed by atoms with Crippen LogP contribution in [0.5, 0.6) is 0 Å². The van der Waals surface area contributed by atoms with Crippen LogP contribution in [0.2, 0.25) is 0 Å². The van der Waals surface area contributed by atoms with Gasteiger partial charge in [-0.2, -0.15) is 9.78 Å². The highest BCUT2D eigenvalue weighted by Gasteiger charge is 2.29. The quantitative estimate of drug-likeness (QED) is 0.0599. The van der Waals surface area contributed by atoms with Crippen LogP contribution in [0.15, 0.2) is 0 Å². The van der Waals surface area contributed by atoms with E-state index < -0.39 is 36.4 Å². The number of carbonyl (C=O) groups excluding carboxylic acids is 1. The first kappa shape index (κ1) is 35.6. The van der Waals surface area contributed by atoms with Gasteiger partial charge in [0.1, 0.15) is 6.10 Å². The Morgan fingerprint density at radius 2 is 1.33 bits per heavy atom. The molecule has 0 aliphatic heterocycles. The van der Waals surface area contributed by atoms with E-state index in [9.17, 15) is 18.8 Å². The van der Waals surface area contributed by atoms with Crippen molar-refractivity contribution < 1.29 is 33.3 Å². The highest BCUT2D eigenvalue weighted by Crippen LogP contribution is 2.19. The molecule has 0 bridgehead atoms. The van der Waals surface area contributed by atoms with Gasteiger partial charge in [-0.05, 0) is 26.2 Å². The average Bonchev–Trinajstić information content (AvgIpc) is 2.85. The summed E-state index contributed by atoms with van der Waals surface area (Å²) in [6.07, 6.45) is 18.4. The Balaban J connectivity index is 4.69. The van der Waals surface area contributed by atoms with Gasteiger partial charge in [0.2, 0.25) is 0 Å². The summed E-state index contributed by atoms with van der Waals surface area (Å²) in [7, 11) is -4.09. The van der Waals surface area contributed by atoms with E-state index >= 15 is 0 Å². The largest absolute Gasteiger partial charge is 0.601 e. The lowest BCUT2D eigenvalue weighted by Crippen LogP contribution is -2.34. The van der Waals surface area contributed by atoms with Crippen molar-refractivity contribution in [2.24, 2.45) is 0 Å². The Kier molecular flexibility index (Phi) is 24.7. The van der Waals surface area contributed by atoms with Gasteiger partial charge in [0.15, 0.2) is 0 Å². The van der Waals surface area contributed by atoms with Crippen LogP contribution in [0.3, 0.4) is 0 Å². The summed E-state index contributed by atoms with van der Waals surface area (Å²) in [5.41, 5.74) is -0.651. The molecule has 0 fully saturated rings. The van der Waals surface area contributed by atoms with Crippen molar-refractivity contribution in [1.82, 2.24) is 0 Å². The van der Waals surface area contributed by atoms with Crippen LogP contribution in [0, 0.1) is 0 Å². The summed E-state index contributed by atoms with van der Waals surface area (Å²) in [6, 6.07) is 0. The average molecular weight is 553 g/mol. The van der Waals surface area contributed by atoms with Gasteiger partial charge in [-0.25, -0.2) is 4.79 Å². The lowest BCUT2D eigenvalue weighted by molar-refractivity contribution is -0.289. The van der Waals surface area contributed by atoms with Crippen molar-refractivity contribution in [3.05, 3.63) is 0 Å². The molecule has 4 unspecified atom stereocenters. The van der Waals surface area contributed by atoms with E-state index in [1.165, 1.54) is 64.2 Å². The normalized spacial score (nSPS) is 14.8. The van der Waals surface area contributed by atoms with Crippen LogP contribution < -0.4 is 4.89 Å². The van der Waals surface area contributed by atoms with E-state index in [1.807, 2.05) is 6.92 Å². The van der Waals surface area contributed by atoms with Crippen molar-refractivity contribution in [1.29, 1.82) is 0 Å². The summed E-state index contributed by atoms with van der Waals surface area (Å²) in [6.45, 7) is 8.11. The molecule has 214 valence electrons. The molecule has 0 aliphatic carbocycles. The van der Waals surface area contributed by atoms with E-state index in [1.54, 1.807) is 6.92 Å². The Labute approximate surface area is 224 Å². The first-order valence-electron chi connectivity index (χ1n) is 14.3. The van der Waals surface area contributed by atoms with E-state index in [4.69, 9.17) is 14.5 Å². The molecule has 9 heteroatoms. The Morgan fingerprint density at radius 3 is 1.83 bits per heavy atom. The van der Waals surface area contributed by atoms with E-state index in [2.05, 4.69) is 13.8 Å². The number of hydrogen-bond acceptors (Lipinski definition) is 7. The van der Waals surface area contributed by atoms with Gasteiger partial charge in [-0.1, -0.05) is 111 Å². The van der Waals surface area contributed by atoms with Gasteiger partial charge in [0.05, 0.1) is 11.9 Å². The maximum atomic E-state index is 13.2. The predicted molar refractivity (Wildman–Crippen MR) is 149 cm³/mol. The van der Waals surface area contributed by atoms with Gasteiger partial charge in [0.25, 0.3) is 8.00 Å². The lowest BCUT2D eigenvalue weighted by atomic mass is 10.1. The lowest BCUT2D eigenvalue weighted by Gasteiger charge is -2.22. The summed E-state index contributed by atoms with van der Waals surface area (Å²) in [5.74, 6) is -0.501. The van der Waals surface area contributed by atoms with E-state index in [0.29, 0.717) is 12.2 Å². The zero-order valence-corrected chi connectivity index (χ0v) is 25.1. The minimum Gasteiger partial charge on any atom is -0.601 e. The maximum Gasteiger partial charge on any atom is 0.442 e. The SMILES string of the molecule is CCCCCCCCCCCS(=O)C(CCCCCCCC)C(C)OOC(=O)C(OCCC)=[P+]([O-])O. The second-order valence-corrected chi connectivity index (χ2v) is 12.3. The van der Waals surface area contributed by atoms with Crippen molar-refractivity contribution >= 4 is 30.2 Å². The fourth-order valence-electron chi connectivity index (χ4n) is 4.02. The van der Waals surface area contributed by atoms with Gasteiger partial charge < -0.3 is 9.63 Å². The maximum absolute atomic E-state index is 13.2. The molecule has 36 heavy (non-hydrogen) atoms. The summed E-state index contributed by atoms with van der Waals surface area (Å²) >= 11 is 0. The molecular formula is C27H53O7PS. The van der Waals surface area contributed by atoms with Gasteiger partial charge in [0, 0.05) is 16.6 Å². The molecule has 0 aromatic rings. The van der Waals surface area contributed by atoms with Crippen LogP contribution >= 0.6 is 8.00 Å². The molecule has 7 nitrogen and oxygen atoms in total. The third kappa shape index (κ3) is 18.8. The minimum atomic E-state index is -2.98. The smallest absolute Gasteiger partial charge is 0.442 e. The second kappa shape index (κ2) is 24.9. The molecule has 4 atom stereocenters. The fraction of sp³-hybridized carbons (Fsp3) is 0.926. The molecule has 0 amide bonds. The van der Waals surface area contributed by atoms with Crippen LogP contribution in [0.1, 0.15) is 137 Å². The third-order valence-corrected chi connectivity index (χ3v) is 8.86. The highest BCUT2D eigenvalue weighted by molar-refractivity contribution is 7.85. The van der Waals surface area contributed by atoms with Crippen LogP contribution in [-0.4, -0.2) is 44.3 Å². The molecule has 0 heterocycles. The number of unbranched alkanes of at least 4 members (excludes halogenated alkanes) is 13. The minimum absolute atomic E-state index is 0.130. The van der Waals surface area contributed by atoms with Crippen molar-refractivity contribution in [2.75, 3.05) is 12.4 Å². The number of carbonyl (C=O) groups is 1. The molecule has 0 aromatic carbocycles. The molecule has 0 spiro atoms. The zero-order valence-electron chi connectivity index (χ0n) is 23.3. The molecule has 0 rings (SSSR count). The molecule has 0 aromatic heterocycles. The Morgan fingerprint density at radius 1 is 0.833 bits per heavy atom. The second-order valence-electron chi connectivity index (χ2n) is 9.61. The summed E-state index contributed by atoms with van der Waals surface area (Å²) < 4.78 is 18.2. The fourth-order valence-corrected chi connectivity index (χ4v) is 6.11. The van der Waals surface area contributed by atoms with Crippen LogP contribution in [-0.2, 0) is 30.1 Å². The molecule has 0 radical (unpaired) electrons. The topological polar surface area (TPSA) is 105 Å². The Bertz CT molecular complexity index is 597. The molecule has 0 saturated carbocycles. The standard InChI is InChI=1S/C27H53O7PS/c1-5-8-10-12-14-15-16-18-20-23-36(31)25(21-19-17-13-11-9-6-2)24(4)33-34-26(28)27(35(29)30)32-22-7-3/h24-25H,5-23H2,1-4H3,(H,29,30). The molecule has 0 saturated heterocycles. The van der Waals surface area contributed by atoms with Gasteiger partial charge in [-0.15, -0.1) is 0 Å². The van der Waals surface area contributed by atoms with E-state index in [-0.39, 0.29) is 11.9 Å². The van der Waals surface area contributed by atoms with Crippen molar-refractivity contribution in [3.8, 4) is 0 Å². The van der Waals surface area contributed by atoms with Gasteiger partial charge in [-0.3, -0.25) is 9.10 Å². The monoisotopic (exact) mass is 552 g/mol. The first-order valence-corrected chi connectivity index (χ1v) is 16.9. The number of hydrogen-bond donors (Lipinski definition) is 1. The van der Waals surface area contributed by atoms with Gasteiger partial charge >= 0.3 is 11.4 Å². The predicted octanol–water partition coefficient (Wildman–Crippen LogP) is 6.47. The van der Waals surface area contributed by atoms with Crippen LogP contribution in [0.4, 0.5) is 0 Å². The number of rotatable bonds is 25. The summed E-state index contributed by atoms with van der Waals surface area (Å²) in [5, 5.41) is -0.263. The van der Waals surface area contributed by atoms with Crippen molar-refractivity contribution in [2.45, 2.75) is 148 Å². The first-order chi connectivity index (χ1) is 17.4. The Hall–Kier alpha value is -0.370. The van der Waals surface area contributed by atoms with Crippen LogP contribution in [0.25, 0.3) is 0 Å². The third-order valence-electron chi connectivity index (χ3n) is 6.22.